The molecule has 0 bridgehead atoms. The number of rotatable bonds is 5. The monoisotopic (exact) mass is 492 g/mol. The number of anilines is 2. The number of fused-ring (bicyclic) bond motifs is 1. The molecule has 2 aromatic rings. The van der Waals surface area contributed by atoms with Crippen LogP contribution >= 0.6 is 0 Å². The molecule has 190 valence electrons. The van der Waals surface area contributed by atoms with Crippen molar-refractivity contribution in [3.05, 3.63) is 65.3 Å². The summed E-state index contributed by atoms with van der Waals surface area (Å²) in [5.74, 6) is 12.4. The van der Waals surface area contributed by atoms with E-state index in [9.17, 15) is 14.4 Å². The van der Waals surface area contributed by atoms with Crippen molar-refractivity contribution in [2.75, 3.05) is 31.3 Å². The molecule has 0 unspecified atom stereocenters. The lowest BCUT2D eigenvalue weighted by Crippen LogP contribution is -2.48. The molecule has 2 aliphatic heterocycles. The van der Waals surface area contributed by atoms with Crippen LogP contribution in [0.4, 0.5) is 16.2 Å². The average Bonchev–Trinajstić information content (AvgIpc) is 3.14. The highest BCUT2D eigenvalue weighted by molar-refractivity contribution is 6.09. The van der Waals surface area contributed by atoms with Crippen molar-refractivity contribution in [1.29, 1.82) is 0 Å². The molecule has 11 heteroatoms. The number of nitrogens with two attached hydrogens (primary N) is 2. The summed E-state index contributed by atoms with van der Waals surface area (Å²) in [4.78, 5) is 41.4. The second-order valence-corrected chi connectivity index (χ2v) is 9.13. The summed E-state index contributed by atoms with van der Waals surface area (Å²) in [6, 6.07) is 9.19. The van der Waals surface area contributed by atoms with Crippen molar-refractivity contribution in [3.8, 4) is 0 Å². The molecule has 4 rings (SSSR count). The number of hydrazine groups is 1. The van der Waals surface area contributed by atoms with Gasteiger partial charge in [0.15, 0.2) is 5.78 Å². The number of carbonyl (C=O) groups excluding carboxylic acids is 3. The predicted octanol–water partition coefficient (Wildman–Crippen LogP) is 1.95. The Morgan fingerprint density at radius 1 is 1.17 bits per heavy atom. The Kier molecular flexibility index (Phi) is 6.75. The van der Waals surface area contributed by atoms with E-state index in [1.165, 1.54) is 16.5 Å². The number of allylic oxidation sites excluding steroid dienone is 2. The number of ketones is 1. The highest BCUT2D eigenvalue weighted by atomic mass is 16.2. The van der Waals surface area contributed by atoms with Crippen molar-refractivity contribution in [2.45, 2.75) is 33.4 Å². The standard InChI is InChI=1S/C25H32N8O3/c1-15(2)30(4)25(36)31-13-19-22(20(35)14-31)23(29-18-8-6-5-7-9-18)24(33(19)27)17-10-11-28-21(12-17)32(26)16(3)34/h5-10,12,15,28-29H,11,13-14,26-27H2,1-4H3. The van der Waals surface area contributed by atoms with E-state index in [0.29, 0.717) is 40.6 Å². The summed E-state index contributed by atoms with van der Waals surface area (Å²) >= 11 is 0. The minimum absolute atomic E-state index is 0.0199. The summed E-state index contributed by atoms with van der Waals surface area (Å²) in [6.45, 7) is 5.71. The Morgan fingerprint density at radius 2 is 1.86 bits per heavy atom. The SMILES string of the molecule is CC(=O)N(N)C1=CC(c2c(Nc3ccccc3)c3c(n2N)CN(C(=O)N(C)C(C)C)CC3=O)=CCN1. The first-order valence-electron chi connectivity index (χ1n) is 11.7. The first-order valence-corrected chi connectivity index (χ1v) is 11.7. The Hall–Kier alpha value is -4.25. The molecular formula is C25H32N8O3. The van der Waals surface area contributed by atoms with E-state index >= 15 is 0 Å². The highest BCUT2D eigenvalue weighted by Crippen LogP contribution is 2.38. The van der Waals surface area contributed by atoms with E-state index in [1.807, 2.05) is 50.3 Å². The third kappa shape index (κ3) is 4.52. The first-order chi connectivity index (χ1) is 17.1. The van der Waals surface area contributed by atoms with Crippen LogP contribution in [0.25, 0.3) is 5.57 Å². The molecule has 0 saturated heterocycles. The van der Waals surface area contributed by atoms with Gasteiger partial charge in [-0.25, -0.2) is 15.6 Å². The minimum atomic E-state index is -0.335. The molecule has 0 saturated carbocycles. The smallest absolute Gasteiger partial charge is 0.320 e. The van der Waals surface area contributed by atoms with Crippen LogP contribution < -0.4 is 22.3 Å². The molecule has 3 heterocycles. The normalized spacial score (nSPS) is 15.1. The van der Waals surface area contributed by atoms with Gasteiger partial charge in [0, 0.05) is 37.8 Å². The van der Waals surface area contributed by atoms with Gasteiger partial charge in [-0.1, -0.05) is 24.3 Å². The van der Waals surface area contributed by atoms with Crippen molar-refractivity contribution >= 4 is 34.7 Å². The fourth-order valence-corrected chi connectivity index (χ4v) is 4.25. The van der Waals surface area contributed by atoms with E-state index in [4.69, 9.17) is 11.7 Å². The summed E-state index contributed by atoms with van der Waals surface area (Å²) in [5.41, 5.74) is 3.53. The number of nitrogen functional groups attached to an aromatic ring is 1. The van der Waals surface area contributed by atoms with Gasteiger partial charge >= 0.3 is 6.03 Å². The number of benzene rings is 1. The van der Waals surface area contributed by atoms with Crippen LogP contribution in [-0.4, -0.2) is 63.4 Å². The third-order valence-corrected chi connectivity index (χ3v) is 6.42. The zero-order valence-corrected chi connectivity index (χ0v) is 20.9. The van der Waals surface area contributed by atoms with Gasteiger partial charge in [-0.3, -0.25) is 14.3 Å². The molecule has 3 amide bonds. The van der Waals surface area contributed by atoms with Gasteiger partial charge in [-0.15, -0.1) is 0 Å². The van der Waals surface area contributed by atoms with Crippen LogP contribution in [0.15, 0.2) is 48.3 Å². The summed E-state index contributed by atoms with van der Waals surface area (Å²) in [7, 11) is 1.71. The maximum atomic E-state index is 13.5. The first kappa shape index (κ1) is 24.9. The Labute approximate surface area is 209 Å². The van der Waals surface area contributed by atoms with Crippen molar-refractivity contribution in [2.24, 2.45) is 5.84 Å². The zero-order chi connectivity index (χ0) is 26.1. The van der Waals surface area contributed by atoms with Crippen LogP contribution in [0, 0.1) is 0 Å². The van der Waals surface area contributed by atoms with E-state index < -0.39 is 0 Å². The van der Waals surface area contributed by atoms with E-state index in [2.05, 4.69) is 10.6 Å². The maximum Gasteiger partial charge on any atom is 0.320 e. The molecular weight excluding hydrogens is 460 g/mol. The lowest BCUT2D eigenvalue weighted by Gasteiger charge is -2.32. The number of nitrogens with one attached hydrogen (secondary N) is 2. The van der Waals surface area contributed by atoms with E-state index in [-0.39, 0.29) is 36.9 Å². The molecule has 0 spiro atoms. The zero-order valence-electron chi connectivity index (χ0n) is 20.9. The minimum Gasteiger partial charge on any atom is -0.367 e. The molecule has 2 aliphatic rings. The van der Waals surface area contributed by atoms with Crippen molar-refractivity contribution in [1.82, 2.24) is 24.8 Å². The molecule has 1 aromatic carbocycles. The van der Waals surface area contributed by atoms with Crippen molar-refractivity contribution in [3.63, 3.8) is 0 Å². The van der Waals surface area contributed by atoms with Gasteiger partial charge in [0.25, 0.3) is 0 Å². The van der Waals surface area contributed by atoms with Gasteiger partial charge < -0.3 is 26.3 Å². The topological polar surface area (TPSA) is 142 Å². The fraction of sp³-hybridized carbons (Fsp3) is 0.320. The number of Topliss-reactive ketones (excluding diaryl/α,β-unsaturated/α-hetero) is 1. The lowest BCUT2D eigenvalue weighted by molar-refractivity contribution is -0.127. The van der Waals surface area contributed by atoms with Crippen LogP contribution in [0.1, 0.15) is 42.5 Å². The number of carbonyl (C=O) groups is 3. The van der Waals surface area contributed by atoms with Crippen molar-refractivity contribution < 1.29 is 14.4 Å². The second kappa shape index (κ2) is 9.78. The van der Waals surface area contributed by atoms with E-state index in [0.717, 1.165) is 10.7 Å². The van der Waals surface area contributed by atoms with Crippen LogP contribution in [0.5, 0.6) is 0 Å². The van der Waals surface area contributed by atoms with Crippen LogP contribution in [-0.2, 0) is 11.3 Å². The highest BCUT2D eigenvalue weighted by Gasteiger charge is 2.36. The fourth-order valence-electron chi connectivity index (χ4n) is 4.25. The van der Waals surface area contributed by atoms with Gasteiger partial charge in [-0.2, -0.15) is 0 Å². The molecule has 11 nitrogen and oxygen atoms in total. The average molecular weight is 493 g/mol. The van der Waals surface area contributed by atoms with Crippen LogP contribution in [0.3, 0.4) is 0 Å². The number of hydrogen-bond donors (Lipinski definition) is 4. The van der Waals surface area contributed by atoms with Gasteiger partial charge in [0.05, 0.1) is 35.7 Å². The number of hydrogen-bond acceptors (Lipinski definition) is 7. The van der Waals surface area contributed by atoms with Gasteiger partial charge in [-0.05, 0) is 32.1 Å². The third-order valence-electron chi connectivity index (χ3n) is 6.42. The molecule has 0 aliphatic carbocycles. The Bertz CT molecular complexity index is 1260. The number of nitrogens with zero attached hydrogens (tertiary/aromatic N) is 4. The largest absolute Gasteiger partial charge is 0.367 e. The summed E-state index contributed by atoms with van der Waals surface area (Å²) in [5, 5.41) is 7.46. The molecule has 0 fully saturated rings. The molecule has 0 radical (unpaired) electrons. The Balaban J connectivity index is 1.83. The Morgan fingerprint density at radius 3 is 2.50 bits per heavy atom. The summed E-state index contributed by atoms with van der Waals surface area (Å²) in [6.07, 6.45) is 3.61. The number of aromatic nitrogens is 1. The number of urea groups is 1. The van der Waals surface area contributed by atoms with E-state index in [1.54, 1.807) is 18.0 Å². The molecule has 0 atom stereocenters. The molecule has 1 aromatic heterocycles. The molecule has 36 heavy (non-hydrogen) atoms. The molecule has 6 N–H and O–H groups in total. The predicted molar refractivity (Wildman–Crippen MR) is 138 cm³/mol. The quantitative estimate of drug-likeness (QED) is 0.284. The number of dihydropyridines is 1. The maximum absolute atomic E-state index is 13.5. The van der Waals surface area contributed by atoms with Crippen LogP contribution in [0.2, 0.25) is 0 Å². The van der Waals surface area contributed by atoms with Gasteiger partial charge in [0.1, 0.15) is 5.82 Å². The second-order valence-electron chi connectivity index (χ2n) is 9.13. The van der Waals surface area contributed by atoms with Gasteiger partial charge in [0.2, 0.25) is 5.91 Å². The number of amides is 3. The lowest BCUT2D eigenvalue weighted by atomic mass is 10.0. The summed E-state index contributed by atoms with van der Waals surface area (Å²) < 4.78 is 1.45. The number of para-hydroxylation sites is 1.